The van der Waals surface area contributed by atoms with E-state index in [4.69, 9.17) is 0 Å². The molecular weight excluding hydrogens is 318 g/mol. The van der Waals surface area contributed by atoms with Crippen molar-refractivity contribution in [1.82, 2.24) is 5.43 Å². The SMILES string of the molecule is CCC(=O)Nc1ccc(C(=O)NN=C(CC)c2ccc(O)cc2)cc1. The van der Waals surface area contributed by atoms with Crippen LogP contribution in [0.2, 0.25) is 0 Å². The van der Waals surface area contributed by atoms with E-state index in [2.05, 4.69) is 15.8 Å². The lowest BCUT2D eigenvalue weighted by Crippen LogP contribution is -2.20. The Morgan fingerprint density at radius 1 is 0.920 bits per heavy atom. The summed E-state index contributed by atoms with van der Waals surface area (Å²) in [6.45, 7) is 3.71. The molecule has 0 fully saturated rings. The summed E-state index contributed by atoms with van der Waals surface area (Å²) in [4.78, 5) is 23.5. The van der Waals surface area contributed by atoms with Crippen molar-refractivity contribution >= 4 is 23.2 Å². The van der Waals surface area contributed by atoms with Gasteiger partial charge in [0.2, 0.25) is 5.91 Å². The number of benzene rings is 2. The molecule has 2 aromatic carbocycles. The van der Waals surface area contributed by atoms with Crippen LogP contribution in [-0.2, 0) is 4.79 Å². The third-order valence-corrected chi connectivity index (χ3v) is 3.58. The summed E-state index contributed by atoms with van der Waals surface area (Å²) >= 11 is 0. The Bertz CT molecular complexity index is 766. The quantitative estimate of drug-likeness (QED) is 0.557. The van der Waals surface area contributed by atoms with Crippen LogP contribution in [0.1, 0.15) is 42.6 Å². The predicted octanol–water partition coefficient (Wildman–Crippen LogP) is 3.28. The normalized spacial score (nSPS) is 11.0. The first kappa shape index (κ1) is 18.2. The molecular formula is C19H21N3O3. The van der Waals surface area contributed by atoms with E-state index in [0.29, 0.717) is 29.8 Å². The summed E-state index contributed by atoms with van der Waals surface area (Å²) < 4.78 is 0. The summed E-state index contributed by atoms with van der Waals surface area (Å²) in [5.74, 6) is -0.236. The van der Waals surface area contributed by atoms with Gasteiger partial charge in [0.1, 0.15) is 5.75 Å². The Labute approximate surface area is 146 Å². The van der Waals surface area contributed by atoms with Gasteiger partial charge in [-0.05, 0) is 60.5 Å². The fraction of sp³-hybridized carbons (Fsp3) is 0.211. The van der Waals surface area contributed by atoms with Gasteiger partial charge >= 0.3 is 0 Å². The molecule has 130 valence electrons. The van der Waals surface area contributed by atoms with Crippen molar-refractivity contribution < 1.29 is 14.7 Å². The second-order valence-electron chi connectivity index (χ2n) is 5.38. The van der Waals surface area contributed by atoms with Gasteiger partial charge in [-0.15, -0.1) is 0 Å². The highest BCUT2D eigenvalue weighted by molar-refractivity contribution is 6.02. The average Bonchev–Trinajstić information content (AvgIpc) is 2.63. The molecule has 0 aromatic heterocycles. The van der Waals surface area contributed by atoms with Gasteiger partial charge in [0.15, 0.2) is 0 Å². The second-order valence-corrected chi connectivity index (χ2v) is 5.38. The van der Waals surface area contributed by atoms with Crippen LogP contribution < -0.4 is 10.7 Å². The summed E-state index contributed by atoms with van der Waals surface area (Å²) in [6.07, 6.45) is 1.03. The van der Waals surface area contributed by atoms with Crippen molar-refractivity contribution in [3.63, 3.8) is 0 Å². The van der Waals surface area contributed by atoms with Gasteiger partial charge < -0.3 is 10.4 Å². The van der Waals surface area contributed by atoms with Crippen LogP contribution in [0.25, 0.3) is 0 Å². The number of rotatable bonds is 6. The van der Waals surface area contributed by atoms with Crippen LogP contribution in [0, 0.1) is 0 Å². The number of carbonyl (C=O) groups is 2. The summed E-state index contributed by atoms with van der Waals surface area (Å²) in [7, 11) is 0. The van der Waals surface area contributed by atoms with E-state index in [9.17, 15) is 14.7 Å². The molecule has 0 saturated heterocycles. The second kappa shape index (κ2) is 8.63. The highest BCUT2D eigenvalue weighted by Gasteiger charge is 2.07. The topological polar surface area (TPSA) is 90.8 Å². The molecule has 0 aliphatic rings. The monoisotopic (exact) mass is 339 g/mol. The minimum absolute atomic E-state index is 0.0803. The highest BCUT2D eigenvalue weighted by atomic mass is 16.3. The Kier molecular flexibility index (Phi) is 6.28. The van der Waals surface area contributed by atoms with Crippen molar-refractivity contribution in [3.05, 3.63) is 59.7 Å². The number of nitrogens with one attached hydrogen (secondary N) is 2. The number of hydrazone groups is 1. The highest BCUT2D eigenvalue weighted by Crippen LogP contribution is 2.12. The van der Waals surface area contributed by atoms with Crippen LogP contribution in [0.4, 0.5) is 5.69 Å². The minimum atomic E-state index is -0.335. The fourth-order valence-corrected chi connectivity index (χ4v) is 2.14. The van der Waals surface area contributed by atoms with Crippen molar-refractivity contribution in [1.29, 1.82) is 0 Å². The number of phenolic OH excluding ortho intramolecular Hbond substituents is 1. The Morgan fingerprint density at radius 3 is 2.08 bits per heavy atom. The third kappa shape index (κ3) is 5.17. The van der Waals surface area contributed by atoms with E-state index in [1.165, 1.54) is 0 Å². The van der Waals surface area contributed by atoms with Gasteiger partial charge in [-0.3, -0.25) is 9.59 Å². The molecule has 2 rings (SSSR count). The van der Waals surface area contributed by atoms with Crippen LogP contribution >= 0.6 is 0 Å². The Hall–Kier alpha value is -3.15. The van der Waals surface area contributed by atoms with Crippen LogP contribution in [0.15, 0.2) is 53.6 Å². The smallest absolute Gasteiger partial charge is 0.271 e. The minimum Gasteiger partial charge on any atom is -0.508 e. The molecule has 2 amide bonds. The van der Waals surface area contributed by atoms with E-state index in [1.54, 1.807) is 55.5 Å². The molecule has 6 nitrogen and oxygen atoms in total. The Balaban J connectivity index is 2.05. The van der Waals surface area contributed by atoms with Crippen molar-refractivity contribution in [2.75, 3.05) is 5.32 Å². The molecule has 0 radical (unpaired) electrons. The van der Waals surface area contributed by atoms with Crippen LogP contribution in [0.5, 0.6) is 5.75 Å². The van der Waals surface area contributed by atoms with Gasteiger partial charge in [0, 0.05) is 17.7 Å². The average molecular weight is 339 g/mol. The number of aromatic hydroxyl groups is 1. The van der Waals surface area contributed by atoms with Crippen LogP contribution in [0.3, 0.4) is 0 Å². The lowest BCUT2D eigenvalue weighted by molar-refractivity contribution is -0.115. The molecule has 0 saturated carbocycles. The predicted molar refractivity (Wildman–Crippen MR) is 97.8 cm³/mol. The molecule has 0 unspecified atom stereocenters. The van der Waals surface area contributed by atoms with Crippen LogP contribution in [-0.4, -0.2) is 22.6 Å². The fourth-order valence-electron chi connectivity index (χ4n) is 2.14. The van der Waals surface area contributed by atoms with E-state index in [1.807, 2.05) is 6.92 Å². The van der Waals surface area contributed by atoms with Crippen molar-refractivity contribution in [3.8, 4) is 5.75 Å². The molecule has 0 spiro atoms. The van der Waals surface area contributed by atoms with Gasteiger partial charge in [-0.2, -0.15) is 5.10 Å². The zero-order valence-corrected chi connectivity index (χ0v) is 14.2. The maximum atomic E-state index is 12.2. The molecule has 0 aliphatic carbocycles. The van der Waals surface area contributed by atoms with Gasteiger partial charge in [0.05, 0.1) is 5.71 Å². The maximum Gasteiger partial charge on any atom is 0.271 e. The molecule has 6 heteroatoms. The lowest BCUT2D eigenvalue weighted by atomic mass is 10.1. The lowest BCUT2D eigenvalue weighted by Gasteiger charge is -2.07. The first-order chi connectivity index (χ1) is 12.0. The number of carbonyl (C=O) groups excluding carboxylic acids is 2. The molecule has 0 atom stereocenters. The zero-order valence-electron chi connectivity index (χ0n) is 14.2. The number of hydrogen-bond donors (Lipinski definition) is 3. The largest absolute Gasteiger partial charge is 0.508 e. The van der Waals surface area contributed by atoms with Gasteiger partial charge in [-0.25, -0.2) is 5.43 Å². The first-order valence-electron chi connectivity index (χ1n) is 8.09. The third-order valence-electron chi connectivity index (χ3n) is 3.58. The summed E-state index contributed by atoms with van der Waals surface area (Å²) in [5, 5.41) is 16.2. The standard InChI is InChI=1S/C19H21N3O3/c1-3-17(13-7-11-16(23)12-8-13)21-22-19(25)14-5-9-15(10-6-14)20-18(24)4-2/h5-12,23H,3-4H2,1-2H3,(H,20,24)(H,22,25). The molecule has 0 aliphatic heterocycles. The molecule has 25 heavy (non-hydrogen) atoms. The van der Waals surface area contributed by atoms with E-state index >= 15 is 0 Å². The number of amides is 2. The molecule has 0 heterocycles. The van der Waals surface area contributed by atoms with E-state index < -0.39 is 0 Å². The summed E-state index contributed by atoms with van der Waals surface area (Å²) in [6, 6.07) is 13.2. The maximum absolute atomic E-state index is 12.2. The zero-order chi connectivity index (χ0) is 18.2. The van der Waals surface area contributed by atoms with Crippen molar-refractivity contribution in [2.45, 2.75) is 26.7 Å². The Morgan fingerprint density at radius 2 is 1.52 bits per heavy atom. The molecule has 2 aromatic rings. The molecule has 0 bridgehead atoms. The van der Waals surface area contributed by atoms with Crippen molar-refractivity contribution in [2.24, 2.45) is 5.10 Å². The number of anilines is 1. The number of nitrogens with zero attached hydrogens (tertiary/aromatic N) is 1. The van der Waals surface area contributed by atoms with E-state index in [-0.39, 0.29) is 17.6 Å². The van der Waals surface area contributed by atoms with E-state index in [0.717, 1.165) is 5.56 Å². The van der Waals surface area contributed by atoms with Gasteiger partial charge in [-0.1, -0.05) is 13.8 Å². The summed E-state index contributed by atoms with van der Waals surface area (Å²) in [5.41, 5.74) is 5.16. The first-order valence-corrected chi connectivity index (χ1v) is 8.09. The number of phenols is 1. The number of hydrogen-bond acceptors (Lipinski definition) is 4. The van der Waals surface area contributed by atoms with Gasteiger partial charge in [0.25, 0.3) is 5.91 Å². The molecule has 3 N–H and O–H groups in total.